The van der Waals surface area contributed by atoms with Crippen LogP contribution in [0.3, 0.4) is 0 Å². The molecule has 4 nitrogen and oxygen atoms in total. The summed E-state index contributed by atoms with van der Waals surface area (Å²) in [6.45, 7) is 0. The Morgan fingerprint density at radius 2 is 2.38 bits per heavy atom. The quantitative estimate of drug-likeness (QED) is 0.481. The van der Waals surface area contributed by atoms with Crippen molar-refractivity contribution in [2.45, 2.75) is 0 Å². The van der Waals surface area contributed by atoms with Crippen molar-refractivity contribution < 1.29 is 4.79 Å². The SMILES string of the molecule is NC(=O)N/N=C/c1cccc(I)c1. The molecule has 0 heterocycles. The van der Waals surface area contributed by atoms with Crippen LogP contribution in [0.25, 0.3) is 0 Å². The average molecular weight is 289 g/mol. The lowest BCUT2D eigenvalue weighted by Crippen LogP contribution is -2.24. The lowest BCUT2D eigenvalue weighted by Gasteiger charge is -1.93. The molecule has 0 aliphatic heterocycles. The summed E-state index contributed by atoms with van der Waals surface area (Å²) in [5.74, 6) is 0. The molecule has 0 saturated heterocycles. The summed E-state index contributed by atoms with van der Waals surface area (Å²) < 4.78 is 1.11. The zero-order chi connectivity index (χ0) is 9.68. The van der Waals surface area contributed by atoms with Gasteiger partial charge in [-0.15, -0.1) is 0 Å². The number of urea groups is 1. The molecule has 5 heteroatoms. The standard InChI is InChI=1S/C8H8IN3O/c9-7-3-1-2-6(4-7)5-11-12-8(10)13/h1-5H,(H3,10,12,13)/b11-5+. The smallest absolute Gasteiger partial charge is 0.332 e. The second kappa shape index (κ2) is 4.80. The first-order valence-electron chi connectivity index (χ1n) is 3.52. The molecule has 0 aliphatic carbocycles. The van der Waals surface area contributed by atoms with Crippen LogP contribution in [0, 0.1) is 3.57 Å². The second-order valence-electron chi connectivity index (χ2n) is 2.29. The first kappa shape index (κ1) is 9.97. The fourth-order valence-electron chi connectivity index (χ4n) is 0.757. The largest absolute Gasteiger partial charge is 0.350 e. The molecule has 1 aromatic rings. The first-order valence-corrected chi connectivity index (χ1v) is 4.60. The molecule has 0 bridgehead atoms. The van der Waals surface area contributed by atoms with Gasteiger partial charge in [0, 0.05) is 3.57 Å². The molecule has 68 valence electrons. The molecule has 2 amide bonds. The summed E-state index contributed by atoms with van der Waals surface area (Å²) in [6.07, 6.45) is 1.53. The van der Waals surface area contributed by atoms with Crippen LogP contribution in [0.4, 0.5) is 4.79 Å². The van der Waals surface area contributed by atoms with Crippen LogP contribution < -0.4 is 11.2 Å². The summed E-state index contributed by atoms with van der Waals surface area (Å²) in [7, 11) is 0. The van der Waals surface area contributed by atoms with E-state index in [0.29, 0.717) is 0 Å². The number of nitrogens with one attached hydrogen (secondary N) is 1. The maximum absolute atomic E-state index is 10.3. The van der Waals surface area contributed by atoms with Crippen molar-refractivity contribution in [2.75, 3.05) is 0 Å². The summed E-state index contributed by atoms with van der Waals surface area (Å²) in [6, 6.07) is 7.04. The van der Waals surface area contributed by atoms with Crippen LogP contribution in [0.5, 0.6) is 0 Å². The van der Waals surface area contributed by atoms with E-state index in [1.54, 1.807) is 0 Å². The van der Waals surface area contributed by atoms with Crippen LogP contribution in [0.1, 0.15) is 5.56 Å². The minimum Gasteiger partial charge on any atom is -0.350 e. The van der Waals surface area contributed by atoms with E-state index in [-0.39, 0.29) is 0 Å². The second-order valence-corrected chi connectivity index (χ2v) is 3.53. The third-order valence-corrected chi connectivity index (χ3v) is 1.91. The zero-order valence-corrected chi connectivity index (χ0v) is 8.86. The summed E-state index contributed by atoms with van der Waals surface area (Å²) in [4.78, 5) is 10.3. The Morgan fingerprint density at radius 1 is 1.62 bits per heavy atom. The van der Waals surface area contributed by atoms with Crippen LogP contribution in [-0.4, -0.2) is 12.2 Å². The fourth-order valence-corrected chi connectivity index (χ4v) is 1.32. The molecular formula is C8H8IN3O. The predicted octanol–water partition coefficient (Wildman–Crippen LogP) is 1.29. The molecule has 0 aliphatic rings. The number of amides is 2. The highest BCUT2D eigenvalue weighted by molar-refractivity contribution is 14.1. The monoisotopic (exact) mass is 289 g/mol. The van der Waals surface area contributed by atoms with Crippen LogP contribution in [-0.2, 0) is 0 Å². The van der Waals surface area contributed by atoms with E-state index in [1.165, 1.54) is 6.21 Å². The van der Waals surface area contributed by atoms with Gasteiger partial charge in [0.15, 0.2) is 0 Å². The molecule has 1 rings (SSSR count). The number of hydrogen-bond acceptors (Lipinski definition) is 2. The van der Waals surface area contributed by atoms with Crippen molar-refractivity contribution >= 4 is 34.8 Å². The Labute approximate surface area is 89.3 Å². The number of nitrogens with two attached hydrogens (primary N) is 1. The Kier molecular flexibility index (Phi) is 3.69. The lowest BCUT2D eigenvalue weighted by molar-refractivity contribution is 0.249. The van der Waals surface area contributed by atoms with E-state index in [4.69, 9.17) is 5.73 Å². The number of hydrazone groups is 1. The number of rotatable bonds is 2. The molecular weight excluding hydrogens is 281 g/mol. The van der Waals surface area contributed by atoms with Gasteiger partial charge in [-0.25, -0.2) is 10.2 Å². The molecule has 13 heavy (non-hydrogen) atoms. The normalized spacial score (nSPS) is 10.2. The van der Waals surface area contributed by atoms with Gasteiger partial charge >= 0.3 is 6.03 Å². The third kappa shape index (κ3) is 3.88. The summed E-state index contributed by atoms with van der Waals surface area (Å²) >= 11 is 2.20. The number of nitrogens with zero attached hydrogens (tertiary/aromatic N) is 1. The molecule has 0 aromatic heterocycles. The van der Waals surface area contributed by atoms with Crippen molar-refractivity contribution in [2.24, 2.45) is 10.8 Å². The van der Waals surface area contributed by atoms with E-state index in [0.717, 1.165) is 9.13 Å². The molecule has 1 aromatic carbocycles. The first-order chi connectivity index (χ1) is 6.18. The highest BCUT2D eigenvalue weighted by Gasteiger charge is 1.89. The van der Waals surface area contributed by atoms with Gasteiger partial charge in [-0.2, -0.15) is 5.10 Å². The van der Waals surface area contributed by atoms with Gasteiger partial charge in [0.2, 0.25) is 0 Å². The Morgan fingerprint density at radius 3 is 3.00 bits per heavy atom. The number of halogens is 1. The maximum Gasteiger partial charge on any atom is 0.332 e. The van der Waals surface area contributed by atoms with Gasteiger partial charge < -0.3 is 5.73 Å². The van der Waals surface area contributed by atoms with Crippen molar-refractivity contribution in [3.63, 3.8) is 0 Å². The number of benzene rings is 1. The van der Waals surface area contributed by atoms with Gasteiger partial charge in [-0.05, 0) is 40.3 Å². The minimum atomic E-state index is -0.665. The lowest BCUT2D eigenvalue weighted by atomic mass is 10.2. The summed E-state index contributed by atoms with van der Waals surface area (Å²) in [5, 5.41) is 3.63. The topological polar surface area (TPSA) is 67.5 Å². The average Bonchev–Trinajstić information content (AvgIpc) is 2.03. The van der Waals surface area contributed by atoms with Crippen molar-refractivity contribution in [3.8, 4) is 0 Å². The van der Waals surface area contributed by atoms with Crippen LogP contribution in [0.2, 0.25) is 0 Å². The van der Waals surface area contributed by atoms with Crippen molar-refractivity contribution in [1.29, 1.82) is 0 Å². The van der Waals surface area contributed by atoms with Gasteiger partial charge in [0.05, 0.1) is 6.21 Å². The van der Waals surface area contributed by atoms with E-state index in [2.05, 4.69) is 33.1 Å². The van der Waals surface area contributed by atoms with Gasteiger partial charge in [0.25, 0.3) is 0 Å². The molecule has 0 radical (unpaired) electrons. The Balaban J connectivity index is 2.63. The summed E-state index contributed by atoms with van der Waals surface area (Å²) in [5.41, 5.74) is 7.86. The maximum atomic E-state index is 10.3. The minimum absolute atomic E-state index is 0.665. The highest BCUT2D eigenvalue weighted by Crippen LogP contribution is 2.05. The molecule has 0 spiro atoms. The van der Waals surface area contributed by atoms with Crippen molar-refractivity contribution in [1.82, 2.24) is 5.43 Å². The van der Waals surface area contributed by atoms with Gasteiger partial charge in [0.1, 0.15) is 0 Å². The van der Waals surface area contributed by atoms with Gasteiger partial charge in [-0.3, -0.25) is 0 Å². The number of hydrogen-bond donors (Lipinski definition) is 2. The molecule has 0 unspecified atom stereocenters. The Bertz CT molecular complexity index is 338. The van der Waals surface area contributed by atoms with Crippen LogP contribution >= 0.6 is 22.6 Å². The molecule has 0 fully saturated rings. The number of primary amides is 1. The predicted molar refractivity (Wildman–Crippen MR) is 59.5 cm³/mol. The van der Waals surface area contributed by atoms with E-state index >= 15 is 0 Å². The van der Waals surface area contributed by atoms with E-state index < -0.39 is 6.03 Å². The highest BCUT2D eigenvalue weighted by atomic mass is 127. The number of carbonyl (C=O) groups is 1. The van der Waals surface area contributed by atoms with Gasteiger partial charge in [-0.1, -0.05) is 12.1 Å². The molecule has 0 saturated carbocycles. The van der Waals surface area contributed by atoms with E-state index in [1.807, 2.05) is 24.3 Å². The van der Waals surface area contributed by atoms with Crippen LogP contribution in [0.15, 0.2) is 29.4 Å². The Hall–Kier alpha value is -1.11. The zero-order valence-electron chi connectivity index (χ0n) is 6.70. The van der Waals surface area contributed by atoms with E-state index in [9.17, 15) is 4.79 Å². The number of carbonyl (C=O) groups excluding carboxylic acids is 1. The molecule has 0 atom stereocenters. The fraction of sp³-hybridized carbons (Fsp3) is 0. The third-order valence-electron chi connectivity index (χ3n) is 1.24. The van der Waals surface area contributed by atoms with Crippen molar-refractivity contribution in [3.05, 3.63) is 33.4 Å². The molecule has 3 N–H and O–H groups in total.